The Morgan fingerprint density at radius 1 is 1.22 bits per heavy atom. The van der Waals surface area contributed by atoms with Crippen LogP contribution >= 0.6 is 11.3 Å². The highest BCUT2D eigenvalue weighted by molar-refractivity contribution is 7.10. The highest BCUT2D eigenvalue weighted by atomic mass is 32.1. The summed E-state index contributed by atoms with van der Waals surface area (Å²) >= 11 is 1.71. The molecule has 1 atom stereocenters. The Kier molecular flexibility index (Phi) is 5.28. The summed E-state index contributed by atoms with van der Waals surface area (Å²) in [6, 6.07) is 10.5. The zero-order valence-corrected chi connectivity index (χ0v) is 13.8. The molecule has 1 N–H and O–H groups in total. The standard InChI is InChI=1S/C18H21FN2OS/c19-15-9-7-14(8-10-15)13-20-18(22)21-11-3-1-2-5-16(21)17-6-4-12-23-17/h4,6-10,12,16H,1-3,5,11,13H2,(H,20,22)/t16-/m0/s1. The van der Waals surface area contributed by atoms with Gasteiger partial charge in [-0.15, -0.1) is 11.3 Å². The quantitative estimate of drug-likeness (QED) is 0.867. The normalized spacial score (nSPS) is 18.5. The van der Waals surface area contributed by atoms with Crippen LogP contribution in [0.15, 0.2) is 41.8 Å². The molecule has 3 rings (SSSR count). The van der Waals surface area contributed by atoms with Crippen molar-refractivity contribution in [2.45, 2.75) is 38.3 Å². The molecule has 0 saturated carbocycles. The molecule has 2 aromatic rings. The van der Waals surface area contributed by atoms with E-state index in [0.717, 1.165) is 31.4 Å². The molecule has 5 heteroatoms. The second kappa shape index (κ2) is 7.59. The molecule has 122 valence electrons. The van der Waals surface area contributed by atoms with Gasteiger partial charge in [0, 0.05) is 18.0 Å². The van der Waals surface area contributed by atoms with E-state index in [1.165, 1.54) is 23.4 Å². The SMILES string of the molecule is O=C(NCc1ccc(F)cc1)N1CCCCC[C@H]1c1cccs1. The average molecular weight is 332 g/mol. The van der Waals surface area contributed by atoms with Gasteiger partial charge in [-0.2, -0.15) is 0 Å². The minimum atomic E-state index is -0.259. The van der Waals surface area contributed by atoms with E-state index in [9.17, 15) is 9.18 Å². The third kappa shape index (κ3) is 4.10. The van der Waals surface area contributed by atoms with Gasteiger partial charge in [-0.3, -0.25) is 0 Å². The fraction of sp³-hybridized carbons (Fsp3) is 0.389. The number of thiophene rings is 1. The summed E-state index contributed by atoms with van der Waals surface area (Å²) in [4.78, 5) is 15.9. The fourth-order valence-corrected chi connectivity index (χ4v) is 3.88. The predicted octanol–water partition coefficient (Wildman–Crippen LogP) is 4.71. The van der Waals surface area contributed by atoms with E-state index in [-0.39, 0.29) is 17.9 Å². The van der Waals surface area contributed by atoms with Crippen molar-refractivity contribution in [1.82, 2.24) is 10.2 Å². The van der Waals surface area contributed by atoms with Crippen LogP contribution < -0.4 is 5.32 Å². The molecule has 1 aliphatic rings. The number of halogens is 1. The van der Waals surface area contributed by atoms with Crippen molar-refractivity contribution in [3.8, 4) is 0 Å². The molecular formula is C18H21FN2OS. The van der Waals surface area contributed by atoms with Crippen molar-refractivity contribution >= 4 is 17.4 Å². The first-order chi connectivity index (χ1) is 11.2. The summed E-state index contributed by atoms with van der Waals surface area (Å²) in [5.41, 5.74) is 0.905. The number of carbonyl (C=O) groups excluding carboxylic acids is 1. The van der Waals surface area contributed by atoms with E-state index < -0.39 is 0 Å². The molecule has 0 unspecified atom stereocenters. The summed E-state index contributed by atoms with van der Waals surface area (Å²) in [6.45, 7) is 1.21. The first-order valence-corrected chi connectivity index (χ1v) is 8.94. The molecular weight excluding hydrogens is 311 g/mol. The predicted molar refractivity (Wildman–Crippen MR) is 90.9 cm³/mol. The maximum absolute atomic E-state index is 12.9. The Bertz CT molecular complexity index is 627. The van der Waals surface area contributed by atoms with Crippen LogP contribution in [0.3, 0.4) is 0 Å². The Morgan fingerprint density at radius 3 is 2.78 bits per heavy atom. The first-order valence-electron chi connectivity index (χ1n) is 8.06. The van der Waals surface area contributed by atoms with Crippen LogP contribution in [0.25, 0.3) is 0 Å². The molecule has 1 fully saturated rings. The number of rotatable bonds is 3. The lowest BCUT2D eigenvalue weighted by atomic mass is 10.1. The van der Waals surface area contributed by atoms with E-state index >= 15 is 0 Å². The van der Waals surface area contributed by atoms with Gasteiger partial charge in [-0.05, 0) is 42.0 Å². The highest BCUT2D eigenvalue weighted by Crippen LogP contribution is 2.32. The Labute approximate surface area is 140 Å². The van der Waals surface area contributed by atoms with Crippen LogP contribution in [-0.4, -0.2) is 17.5 Å². The van der Waals surface area contributed by atoms with Gasteiger partial charge in [0.1, 0.15) is 5.82 Å². The number of hydrogen-bond donors (Lipinski definition) is 1. The Morgan fingerprint density at radius 2 is 2.04 bits per heavy atom. The lowest BCUT2D eigenvalue weighted by Gasteiger charge is -2.29. The number of amides is 2. The number of likely N-dealkylation sites (tertiary alicyclic amines) is 1. The topological polar surface area (TPSA) is 32.3 Å². The summed E-state index contributed by atoms with van der Waals surface area (Å²) in [7, 11) is 0. The molecule has 0 spiro atoms. The largest absolute Gasteiger partial charge is 0.334 e. The summed E-state index contributed by atoms with van der Waals surface area (Å²) in [5.74, 6) is -0.259. The fourth-order valence-electron chi connectivity index (χ4n) is 3.01. The Balaban J connectivity index is 1.66. The van der Waals surface area contributed by atoms with E-state index in [0.29, 0.717) is 6.54 Å². The van der Waals surface area contributed by atoms with Crippen molar-refractivity contribution in [1.29, 1.82) is 0 Å². The van der Waals surface area contributed by atoms with Crippen LogP contribution in [0.1, 0.15) is 42.2 Å². The van der Waals surface area contributed by atoms with Crippen LogP contribution in [0.4, 0.5) is 9.18 Å². The van der Waals surface area contributed by atoms with Gasteiger partial charge in [0.25, 0.3) is 0 Å². The number of benzene rings is 1. The van der Waals surface area contributed by atoms with Crippen molar-refractivity contribution in [2.24, 2.45) is 0 Å². The average Bonchev–Trinajstić information content (AvgIpc) is 2.98. The number of hydrogen-bond acceptors (Lipinski definition) is 2. The van der Waals surface area contributed by atoms with E-state index in [4.69, 9.17) is 0 Å². The molecule has 1 saturated heterocycles. The molecule has 1 aromatic heterocycles. The van der Waals surface area contributed by atoms with E-state index in [1.54, 1.807) is 23.5 Å². The van der Waals surface area contributed by atoms with Crippen molar-refractivity contribution in [2.75, 3.05) is 6.54 Å². The van der Waals surface area contributed by atoms with Crippen LogP contribution in [-0.2, 0) is 6.54 Å². The molecule has 0 radical (unpaired) electrons. The van der Waals surface area contributed by atoms with Crippen molar-refractivity contribution in [3.63, 3.8) is 0 Å². The molecule has 1 aromatic carbocycles. The number of nitrogens with one attached hydrogen (secondary N) is 1. The monoisotopic (exact) mass is 332 g/mol. The molecule has 1 aliphatic heterocycles. The van der Waals surface area contributed by atoms with Gasteiger partial charge >= 0.3 is 6.03 Å². The van der Waals surface area contributed by atoms with E-state index in [2.05, 4.69) is 16.8 Å². The molecule has 3 nitrogen and oxygen atoms in total. The Hall–Kier alpha value is -1.88. The van der Waals surface area contributed by atoms with Crippen LogP contribution in [0, 0.1) is 5.82 Å². The number of carbonyl (C=O) groups is 1. The second-order valence-electron chi connectivity index (χ2n) is 5.86. The lowest BCUT2D eigenvalue weighted by molar-refractivity contribution is 0.176. The minimum absolute atomic E-state index is 0.0328. The van der Waals surface area contributed by atoms with Gasteiger partial charge in [-0.25, -0.2) is 9.18 Å². The van der Waals surface area contributed by atoms with Crippen molar-refractivity contribution < 1.29 is 9.18 Å². The minimum Gasteiger partial charge on any atom is -0.334 e. The third-order valence-electron chi connectivity index (χ3n) is 4.24. The van der Waals surface area contributed by atoms with Crippen LogP contribution in [0.5, 0.6) is 0 Å². The van der Waals surface area contributed by atoms with Gasteiger partial charge in [0.15, 0.2) is 0 Å². The van der Waals surface area contributed by atoms with Gasteiger partial charge in [-0.1, -0.05) is 31.0 Å². The zero-order chi connectivity index (χ0) is 16.1. The summed E-state index contributed by atoms with van der Waals surface area (Å²) in [6.07, 6.45) is 4.39. The van der Waals surface area contributed by atoms with Gasteiger partial charge in [0.2, 0.25) is 0 Å². The number of urea groups is 1. The highest BCUT2D eigenvalue weighted by Gasteiger charge is 2.27. The molecule has 0 aliphatic carbocycles. The summed E-state index contributed by atoms with van der Waals surface area (Å²) in [5, 5.41) is 5.04. The third-order valence-corrected chi connectivity index (χ3v) is 5.22. The molecule has 23 heavy (non-hydrogen) atoms. The number of nitrogens with zero attached hydrogens (tertiary/aromatic N) is 1. The maximum atomic E-state index is 12.9. The molecule has 0 bridgehead atoms. The van der Waals surface area contributed by atoms with Gasteiger partial charge in [0.05, 0.1) is 6.04 Å². The first kappa shape index (κ1) is 16.0. The lowest BCUT2D eigenvalue weighted by Crippen LogP contribution is -2.41. The summed E-state index contributed by atoms with van der Waals surface area (Å²) < 4.78 is 12.9. The van der Waals surface area contributed by atoms with Crippen LogP contribution in [0.2, 0.25) is 0 Å². The smallest absolute Gasteiger partial charge is 0.318 e. The van der Waals surface area contributed by atoms with Gasteiger partial charge < -0.3 is 10.2 Å². The van der Waals surface area contributed by atoms with E-state index in [1.807, 2.05) is 11.0 Å². The molecule has 2 heterocycles. The molecule has 2 amide bonds. The zero-order valence-electron chi connectivity index (χ0n) is 13.0. The second-order valence-corrected chi connectivity index (χ2v) is 6.84. The maximum Gasteiger partial charge on any atom is 0.318 e. The van der Waals surface area contributed by atoms with Crippen molar-refractivity contribution in [3.05, 3.63) is 58.0 Å².